The minimum Gasteiger partial charge on any atom is -0.507 e. The number of amides is 1. The van der Waals surface area contributed by atoms with Gasteiger partial charge in [-0.1, -0.05) is 24.3 Å². The summed E-state index contributed by atoms with van der Waals surface area (Å²) in [6.45, 7) is 3.49. The predicted octanol–water partition coefficient (Wildman–Crippen LogP) is 4.46. The minimum atomic E-state index is -0.950. The Morgan fingerprint density at radius 1 is 1.15 bits per heavy atom. The maximum atomic E-state index is 12.1. The minimum absolute atomic E-state index is 0.119. The lowest BCUT2D eigenvalue weighted by atomic mass is 10.1. The SMILES string of the molecule is Cc1ccc2c(N3CC[C@@H](N(Cc4cccnc4)C(=O)O)C3)nc(-c3ccccc3O)nc2c1. The number of aromatic nitrogens is 3. The number of hydrogen-bond acceptors (Lipinski definition) is 6. The number of para-hydroxylation sites is 1. The molecule has 1 fully saturated rings. The number of carboxylic acid groups (broad SMARTS) is 1. The zero-order chi connectivity index (χ0) is 23.7. The van der Waals surface area contributed by atoms with E-state index in [1.807, 2.05) is 43.3 Å². The molecule has 0 saturated carbocycles. The van der Waals surface area contributed by atoms with Crippen LogP contribution in [0.15, 0.2) is 67.0 Å². The molecule has 34 heavy (non-hydrogen) atoms. The fraction of sp³-hybridized carbons (Fsp3) is 0.231. The largest absolute Gasteiger partial charge is 0.507 e. The Labute approximate surface area is 197 Å². The average Bonchev–Trinajstić information content (AvgIpc) is 3.32. The Balaban J connectivity index is 1.50. The van der Waals surface area contributed by atoms with Gasteiger partial charge in [0.1, 0.15) is 11.6 Å². The molecule has 0 radical (unpaired) electrons. The van der Waals surface area contributed by atoms with Gasteiger partial charge in [-0.25, -0.2) is 14.8 Å². The standard InChI is InChI=1S/C26H25N5O3/c1-17-8-9-20-22(13-17)28-24(21-6-2-3-7-23(21)32)29-25(20)30-12-10-19(16-30)31(26(33)34)15-18-5-4-11-27-14-18/h2-9,11,13-14,19,32H,10,12,15-16H2,1H3,(H,33,34)/t19-/m1/s1. The van der Waals surface area contributed by atoms with E-state index in [2.05, 4.69) is 9.88 Å². The molecule has 1 amide bonds. The summed E-state index contributed by atoms with van der Waals surface area (Å²) < 4.78 is 0. The van der Waals surface area contributed by atoms with E-state index < -0.39 is 6.09 Å². The highest BCUT2D eigenvalue weighted by Gasteiger charge is 2.32. The number of carbonyl (C=O) groups is 1. The number of phenolic OH excluding ortho intramolecular Hbond substituents is 1. The summed E-state index contributed by atoms with van der Waals surface area (Å²) in [5.41, 5.74) is 3.28. The van der Waals surface area contributed by atoms with Crippen molar-refractivity contribution >= 4 is 22.8 Å². The van der Waals surface area contributed by atoms with Crippen LogP contribution in [0.3, 0.4) is 0 Å². The summed E-state index contributed by atoms with van der Waals surface area (Å²) >= 11 is 0. The molecule has 0 unspecified atom stereocenters. The van der Waals surface area contributed by atoms with Crippen molar-refractivity contribution in [2.24, 2.45) is 0 Å². The normalized spacial score (nSPS) is 15.6. The van der Waals surface area contributed by atoms with Crippen LogP contribution < -0.4 is 4.90 Å². The van der Waals surface area contributed by atoms with Crippen LogP contribution in [0.25, 0.3) is 22.3 Å². The number of phenols is 1. The smallest absolute Gasteiger partial charge is 0.407 e. The second-order valence-corrected chi connectivity index (χ2v) is 8.57. The molecule has 172 valence electrons. The number of nitrogens with zero attached hydrogens (tertiary/aromatic N) is 5. The van der Waals surface area contributed by atoms with Gasteiger partial charge in [0.05, 0.1) is 23.7 Å². The van der Waals surface area contributed by atoms with Crippen LogP contribution in [-0.4, -0.2) is 55.3 Å². The lowest BCUT2D eigenvalue weighted by molar-refractivity contribution is 0.124. The molecule has 0 aliphatic carbocycles. The lowest BCUT2D eigenvalue weighted by Crippen LogP contribution is -2.40. The first-order valence-electron chi connectivity index (χ1n) is 11.2. The molecule has 1 atom stereocenters. The molecule has 3 heterocycles. The second-order valence-electron chi connectivity index (χ2n) is 8.57. The number of anilines is 1. The van der Waals surface area contributed by atoms with Crippen molar-refractivity contribution in [1.82, 2.24) is 19.9 Å². The fourth-order valence-electron chi connectivity index (χ4n) is 4.48. The maximum absolute atomic E-state index is 12.1. The van der Waals surface area contributed by atoms with Gasteiger partial charge in [0, 0.05) is 30.9 Å². The van der Waals surface area contributed by atoms with E-state index in [9.17, 15) is 15.0 Å². The summed E-state index contributed by atoms with van der Waals surface area (Å²) in [5, 5.41) is 21.2. The highest BCUT2D eigenvalue weighted by Crippen LogP contribution is 2.34. The van der Waals surface area contributed by atoms with Crippen LogP contribution >= 0.6 is 0 Å². The summed E-state index contributed by atoms with van der Waals surface area (Å²) in [4.78, 5) is 29.4. The molecular weight excluding hydrogens is 430 g/mol. The Hall–Kier alpha value is -4.20. The van der Waals surface area contributed by atoms with Crippen LogP contribution in [0.5, 0.6) is 5.75 Å². The molecule has 2 N–H and O–H groups in total. The molecule has 2 aromatic carbocycles. The first kappa shape index (κ1) is 21.6. The van der Waals surface area contributed by atoms with Gasteiger partial charge in [0.25, 0.3) is 0 Å². The van der Waals surface area contributed by atoms with Gasteiger partial charge in [0.15, 0.2) is 5.82 Å². The van der Waals surface area contributed by atoms with Gasteiger partial charge in [0.2, 0.25) is 0 Å². The summed E-state index contributed by atoms with van der Waals surface area (Å²) in [6.07, 6.45) is 3.11. The van der Waals surface area contributed by atoms with Crippen molar-refractivity contribution in [3.05, 3.63) is 78.1 Å². The first-order valence-corrected chi connectivity index (χ1v) is 11.2. The van der Waals surface area contributed by atoms with Crippen LogP contribution in [0.1, 0.15) is 17.5 Å². The highest BCUT2D eigenvalue weighted by atomic mass is 16.4. The first-order chi connectivity index (χ1) is 16.5. The van der Waals surface area contributed by atoms with Crippen molar-refractivity contribution in [3.8, 4) is 17.1 Å². The Morgan fingerprint density at radius 2 is 2.00 bits per heavy atom. The number of benzene rings is 2. The summed E-state index contributed by atoms with van der Waals surface area (Å²) in [6, 6.07) is 16.6. The fourth-order valence-corrected chi connectivity index (χ4v) is 4.48. The third-order valence-electron chi connectivity index (χ3n) is 6.20. The molecule has 0 bridgehead atoms. The number of aromatic hydroxyl groups is 1. The number of fused-ring (bicyclic) bond motifs is 1. The van der Waals surface area contributed by atoms with Gasteiger partial charge >= 0.3 is 6.09 Å². The topological polar surface area (TPSA) is 103 Å². The predicted molar refractivity (Wildman–Crippen MR) is 130 cm³/mol. The van der Waals surface area contributed by atoms with Crippen molar-refractivity contribution < 1.29 is 15.0 Å². The Kier molecular flexibility index (Phi) is 5.71. The van der Waals surface area contributed by atoms with E-state index >= 15 is 0 Å². The van der Waals surface area contributed by atoms with Crippen molar-refractivity contribution in [2.45, 2.75) is 25.9 Å². The summed E-state index contributed by atoms with van der Waals surface area (Å²) in [5.74, 6) is 1.31. The molecule has 1 aliphatic heterocycles. The van der Waals surface area contributed by atoms with Gasteiger partial charge in [-0.2, -0.15) is 0 Å². The zero-order valence-electron chi connectivity index (χ0n) is 18.8. The van der Waals surface area contributed by atoms with E-state index in [-0.39, 0.29) is 18.3 Å². The Morgan fingerprint density at radius 3 is 2.76 bits per heavy atom. The number of aryl methyl sites for hydroxylation is 1. The Bertz CT molecular complexity index is 1350. The molecule has 8 nitrogen and oxygen atoms in total. The quantitative estimate of drug-likeness (QED) is 0.458. The molecular formula is C26H25N5O3. The van der Waals surface area contributed by atoms with Gasteiger partial charge < -0.3 is 15.1 Å². The van der Waals surface area contributed by atoms with E-state index in [0.717, 1.165) is 27.8 Å². The van der Waals surface area contributed by atoms with Crippen molar-refractivity contribution in [3.63, 3.8) is 0 Å². The van der Waals surface area contributed by atoms with Crippen molar-refractivity contribution in [2.75, 3.05) is 18.0 Å². The lowest BCUT2D eigenvalue weighted by Gasteiger charge is -2.27. The summed E-state index contributed by atoms with van der Waals surface area (Å²) in [7, 11) is 0. The second kappa shape index (κ2) is 8.97. The number of rotatable bonds is 5. The van der Waals surface area contributed by atoms with Crippen LogP contribution in [0, 0.1) is 6.92 Å². The van der Waals surface area contributed by atoms with Gasteiger partial charge in [-0.05, 0) is 54.8 Å². The monoisotopic (exact) mass is 455 g/mol. The zero-order valence-corrected chi connectivity index (χ0v) is 18.8. The third kappa shape index (κ3) is 4.22. The number of pyridine rings is 1. The molecule has 1 aliphatic rings. The molecule has 8 heteroatoms. The van der Waals surface area contributed by atoms with Crippen LogP contribution in [-0.2, 0) is 6.54 Å². The van der Waals surface area contributed by atoms with E-state index in [0.29, 0.717) is 30.9 Å². The third-order valence-corrected chi connectivity index (χ3v) is 6.20. The molecule has 4 aromatic rings. The molecule has 2 aromatic heterocycles. The molecule has 0 spiro atoms. The van der Waals surface area contributed by atoms with Crippen LogP contribution in [0.4, 0.5) is 10.6 Å². The van der Waals surface area contributed by atoms with Crippen LogP contribution in [0.2, 0.25) is 0 Å². The number of hydrogen-bond donors (Lipinski definition) is 2. The molecule has 1 saturated heterocycles. The highest BCUT2D eigenvalue weighted by molar-refractivity contribution is 5.92. The van der Waals surface area contributed by atoms with E-state index in [1.54, 1.807) is 30.6 Å². The molecule has 5 rings (SSSR count). The van der Waals surface area contributed by atoms with Gasteiger partial charge in [-0.15, -0.1) is 0 Å². The maximum Gasteiger partial charge on any atom is 0.407 e. The van der Waals surface area contributed by atoms with E-state index in [4.69, 9.17) is 9.97 Å². The van der Waals surface area contributed by atoms with Crippen molar-refractivity contribution in [1.29, 1.82) is 0 Å². The van der Waals surface area contributed by atoms with E-state index in [1.165, 1.54) is 4.90 Å². The average molecular weight is 456 g/mol. The van der Waals surface area contributed by atoms with Gasteiger partial charge in [-0.3, -0.25) is 9.88 Å².